The molecular weight excluding hydrogens is 220 g/mol. The van der Waals surface area contributed by atoms with E-state index in [1.807, 2.05) is 0 Å². The molecule has 1 aliphatic heterocycles. The van der Waals surface area contributed by atoms with Gasteiger partial charge in [-0.15, -0.1) is 0 Å². The average molecular weight is 246 g/mol. The zero-order valence-electron chi connectivity index (χ0n) is 12.4. The lowest BCUT2D eigenvalue weighted by Crippen LogP contribution is -2.46. The second kappa shape index (κ2) is 4.93. The van der Waals surface area contributed by atoms with Crippen molar-refractivity contribution in [1.82, 2.24) is 5.32 Å². The molecule has 0 radical (unpaired) electrons. The zero-order valence-corrected chi connectivity index (χ0v) is 12.4. The average Bonchev–Trinajstić information content (AvgIpc) is 2.37. The molecule has 100 valence electrons. The van der Waals surface area contributed by atoms with Gasteiger partial charge in [0, 0.05) is 24.3 Å². The van der Waals surface area contributed by atoms with E-state index >= 15 is 0 Å². The first-order chi connectivity index (χ1) is 8.39. The first-order valence-electron chi connectivity index (χ1n) is 6.95. The second-order valence-corrected chi connectivity index (χ2v) is 6.49. The van der Waals surface area contributed by atoms with Crippen molar-refractivity contribution in [1.29, 1.82) is 0 Å². The van der Waals surface area contributed by atoms with Crippen molar-refractivity contribution in [2.75, 3.05) is 24.5 Å². The van der Waals surface area contributed by atoms with Crippen molar-refractivity contribution >= 4 is 5.69 Å². The van der Waals surface area contributed by atoms with Gasteiger partial charge in [-0.05, 0) is 51.3 Å². The number of nitrogens with zero attached hydrogens (tertiary/aromatic N) is 1. The van der Waals surface area contributed by atoms with Crippen LogP contribution in [0.4, 0.5) is 5.69 Å². The van der Waals surface area contributed by atoms with E-state index in [0.29, 0.717) is 5.92 Å². The summed E-state index contributed by atoms with van der Waals surface area (Å²) in [5.41, 5.74) is 4.39. The topological polar surface area (TPSA) is 15.3 Å². The number of nitrogens with one attached hydrogen (secondary N) is 1. The van der Waals surface area contributed by atoms with Gasteiger partial charge in [0.25, 0.3) is 0 Å². The summed E-state index contributed by atoms with van der Waals surface area (Å²) < 4.78 is 0. The first kappa shape index (κ1) is 13.4. The Kier molecular flexibility index (Phi) is 3.67. The normalized spacial score (nSPS) is 23.8. The second-order valence-electron chi connectivity index (χ2n) is 6.49. The highest BCUT2D eigenvalue weighted by Gasteiger charge is 2.28. The minimum atomic E-state index is 0.180. The smallest absolute Gasteiger partial charge is 0.0426 e. The minimum absolute atomic E-state index is 0.180. The highest BCUT2D eigenvalue weighted by Crippen LogP contribution is 2.28. The summed E-state index contributed by atoms with van der Waals surface area (Å²) in [4.78, 5) is 2.56. The molecule has 1 saturated heterocycles. The van der Waals surface area contributed by atoms with Crippen LogP contribution in [-0.2, 0) is 0 Å². The molecule has 0 amide bonds. The molecule has 1 heterocycles. The Morgan fingerprint density at radius 2 is 1.83 bits per heavy atom. The fraction of sp³-hybridized carbons (Fsp3) is 0.625. The molecule has 2 heteroatoms. The molecule has 1 fully saturated rings. The number of aryl methyl sites for hydroxylation is 2. The fourth-order valence-corrected chi connectivity index (χ4v) is 2.96. The van der Waals surface area contributed by atoms with Gasteiger partial charge < -0.3 is 10.2 Å². The molecule has 0 spiro atoms. The highest BCUT2D eigenvalue weighted by molar-refractivity contribution is 5.59. The van der Waals surface area contributed by atoms with E-state index in [4.69, 9.17) is 0 Å². The Hall–Kier alpha value is -1.02. The third kappa shape index (κ3) is 2.86. The van der Waals surface area contributed by atoms with Crippen molar-refractivity contribution in [3.05, 3.63) is 29.3 Å². The fourth-order valence-electron chi connectivity index (χ4n) is 2.96. The number of anilines is 1. The maximum Gasteiger partial charge on any atom is 0.0426 e. The van der Waals surface area contributed by atoms with Crippen LogP contribution in [0.25, 0.3) is 0 Å². The maximum absolute atomic E-state index is 3.67. The van der Waals surface area contributed by atoms with Gasteiger partial charge in [-0.2, -0.15) is 0 Å². The van der Waals surface area contributed by atoms with E-state index in [-0.39, 0.29) is 5.54 Å². The van der Waals surface area contributed by atoms with E-state index in [0.717, 1.165) is 19.6 Å². The van der Waals surface area contributed by atoms with Gasteiger partial charge in [0.05, 0.1) is 0 Å². The summed E-state index contributed by atoms with van der Waals surface area (Å²) in [5.74, 6) is 0.686. The van der Waals surface area contributed by atoms with Gasteiger partial charge in [0.2, 0.25) is 0 Å². The van der Waals surface area contributed by atoms with Gasteiger partial charge >= 0.3 is 0 Å². The van der Waals surface area contributed by atoms with Gasteiger partial charge in [-0.3, -0.25) is 0 Å². The molecule has 0 aliphatic carbocycles. The highest BCUT2D eigenvalue weighted by atomic mass is 15.2. The van der Waals surface area contributed by atoms with E-state index in [2.05, 4.69) is 63.0 Å². The van der Waals surface area contributed by atoms with Gasteiger partial charge in [-0.1, -0.05) is 25.1 Å². The van der Waals surface area contributed by atoms with Gasteiger partial charge in [0.1, 0.15) is 0 Å². The Bertz CT molecular complexity index is 403. The van der Waals surface area contributed by atoms with Gasteiger partial charge in [-0.25, -0.2) is 0 Å². The quantitative estimate of drug-likeness (QED) is 0.819. The van der Waals surface area contributed by atoms with E-state index < -0.39 is 0 Å². The van der Waals surface area contributed by atoms with Crippen molar-refractivity contribution in [3.63, 3.8) is 0 Å². The van der Waals surface area contributed by atoms with Crippen molar-refractivity contribution in [2.24, 2.45) is 5.92 Å². The van der Waals surface area contributed by atoms with Crippen molar-refractivity contribution < 1.29 is 0 Å². The Labute approximate surface area is 111 Å². The van der Waals surface area contributed by atoms with E-state index in [9.17, 15) is 0 Å². The number of rotatable bonds is 1. The Balaban J connectivity index is 2.35. The van der Waals surface area contributed by atoms with E-state index in [1.54, 1.807) is 0 Å². The molecule has 18 heavy (non-hydrogen) atoms. The molecule has 1 aromatic rings. The number of para-hydroxylation sites is 1. The molecule has 1 aliphatic rings. The van der Waals surface area contributed by atoms with Crippen molar-refractivity contribution in [2.45, 2.75) is 40.2 Å². The van der Waals surface area contributed by atoms with Crippen LogP contribution in [0.15, 0.2) is 18.2 Å². The SMILES string of the molecule is Cc1cccc(C)c1N1CC(C)CNC(C)(C)C1. The Morgan fingerprint density at radius 1 is 1.22 bits per heavy atom. The lowest BCUT2D eigenvalue weighted by atomic mass is 10.0. The van der Waals surface area contributed by atoms with Crippen LogP contribution in [-0.4, -0.2) is 25.2 Å². The summed E-state index contributed by atoms with van der Waals surface area (Å²) in [6.45, 7) is 14.7. The summed E-state index contributed by atoms with van der Waals surface area (Å²) in [6, 6.07) is 6.59. The van der Waals surface area contributed by atoms with Crippen LogP contribution in [0.1, 0.15) is 31.9 Å². The summed E-state index contributed by atoms with van der Waals surface area (Å²) in [5, 5.41) is 3.67. The molecule has 1 N–H and O–H groups in total. The predicted octanol–water partition coefficient (Wildman–Crippen LogP) is 3.13. The maximum atomic E-state index is 3.67. The standard InChI is InChI=1S/C16H26N2/c1-12-9-17-16(4,5)11-18(10-12)15-13(2)7-6-8-14(15)3/h6-8,12,17H,9-11H2,1-5H3. The third-order valence-corrected chi connectivity index (χ3v) is 3.80. The molecule has 2 rings (SSSR count). The number of hydrogen-bond donors (Lipinski definition) is 1. The Morgan fingerprint density at radius 3 is 2.44 bits per heavy atom. The molecule has 0 bridgehead atoms. The lowest BCUT2D eigenvalue weighted by Gasteiger charge is -2.33. The molecule has 0 saturated carbocycles. The lowest BCUT2D eigenvalue weighted by molar-refractivity contribution is 0.402. The first-order valence-corrected chi connectivity index (χ1v) is 6.95. The van der Waals surface area contributed by atoms with Crippen LogP contribution >= 0.6 is 0 Å². The predicted molar refractivity (Wildman–Crippen MR) is 79.4 cm³/mol. The van der Waals surface area contributed by atoms with Crippen LogP contribution in [0.3, 0.4) is 0 Å². The molecule has 2 nitrogen and oxygen atoms in total. The third-order valence-electron chi connectivity index (χ3n) is 3.80. The van der Waals surface area contributed by atoms with Crippen molar-refractivity contribution in [3.8, 4) is 0 Å². The van der Waals surface area contributed by atoms with E-state index in [1.165, 1.54) is 16.8 Å². The monoisotopic (exact) mass is 246 g/mol. The van der Waals surface area contributed by atoms with Gasteiger partial charge in [0.15, 0.2) is 0 Å². The number of hydrogen-bond acceptors (Lipinski definition) is 2. The van der Waals surface area contributed by atoms with Crippen LogP contribution in [0, 0.1) is 19.8 Å². The molecule has 1 aromatic carbocycles. The minimum Gasteiger partial charge on any atom is -0.369 e. The number of benzene rings is 1. The molecule has 1 unspecified atom stereocenters. The largest absolute Gasteiger partial charge is 0.369 e. The van der Waals surface area contributed by atoms with Crippen LogP contribution < -0.4 is 10.2 Å². The summed E-state index contributed by atoms with van der Waals surface area (Å²) in [6.07, 6.45) is 0. The molecule has 0 aromatic heterocycles. The van der Waals surface area contributed by atoms with Crippen LogP contribution in [0.2, 0.25) is 0 Å². The summed E-state index contributed by atoms with van der Waals surface area (Å²) in [7, 11) is 0. The summed E-state index contributed by atoms with van der Waals surface area (Å²) >= 11 is 0. The van der Waals surface area contributed by atoms with Crippen LogP contribution in [0.5, 0.6) is 0 Å². The molecular formula is C16H26N2. The zero-order chi connectivity index (χ0) is 13.3. The molecule has 1 atom stereocenters.